The summed E-state index contributed by atoms with van der Waals surface area (Å²) in [7, 11) is 0. The molecule has 0 N–H and O–H groups in total. The lowest BCUT2D eigenvalue weighted by atomic mass is 10.2. The van der Waals surface area contributed by atoms with E-state index in [0.29, 0.717) is 30.2 Å². The maximum absolute atomic E-state index is 11.6. The predicted octanol–water partition coefficient (Wildman–Crippen LogP) is 2.63. The topological polar surface area (TPSA) is 103 Å². The summed E-state index contributed by atoms with van der Waals surface area (Å²) in [6.45, 7) is 1.31. The number of rotatable bonds is 2. The van der Waals surface area contributed by atoms with Crippen molar-refractivity contribution in [2.24, 2.45) is 0 Å². The highest BCUT2D eigenvalue weighted by molar-refractivity contribution is 5.93. The van der Waals surface area contributed by atoms with Crippen molar-refractivity contribution in [2.45, 2.75) is 6.54 Å². The van der Waals surface area contributed by atoms with E-state index in [1.54, 1.807) is 12.1 Å². The number of nitro benzene ring substituents is 1. The average Bonchev–Trinajstić information content (AvgIpc) is 3.27. The van der Waals surface area contributed by atoms with Gasteiger partial charge in [-0.05, 0) is 34.6 Å². The van der Waals surface area contributed by atoms with Crippen LogP contribution in [0.3, 0.4) is 0 Å². The summed E-state index contributed by atoms with van der Waals surface area (Å²) in [5.74, 6) is 0.690. The first-order valence-corrected chi connectivity index (χ1v) is 7.36. The molecule has 118 valence electrons. The van der Waals surface area contributed by atoms with Crippen molar-refractivity contribution in [3.05, 3.63) is 46.5 Å². The van der Waals surface area contributed by atoms with Crippen LogP contribution in [0.5, 0.6) is 0 Å². The summed E-state index contributed by atoms with van der Waals surface area (Å²) in [6, 6.07) is 11.1. The maximum Gasteiger partial charge on any atom is 0.324 e. The summed E-state index contributed by atoms with van der Waals surface area (Å²) in [5, 5.41) is 19.0. The van der Waals surface area contributed by atoms with Gasteiger partial charge >= 0.3 is 5.69 Å². The molecule has 3 heterocycles. The molecule has 0 bridgehead atoms. The van der Waals surface area contributed by atoms with Crippen LogP contribution in [0.1, 0.15) is 0 Å². The Bertz CT molecular complexity index is 1120. The van der Waals surface area contributed by atoms with Gasteiger partial charge in [0.15, 0.2) is 0 Å². The van der Waals surface area contributed by atoms with Crippen molar-refractivity contribution >= 4 is 39.4 Å². The van der Waals surface area contributed by atoms with Gasteiger partial charge in [-0.3, -0.25) is 10.1 Å². The molecule has 2 aromatic carbocycles. The number of imidazole rings is 1. The summed E-state index contributed by atoms with van der Waals surface area (Å²) in [4.78, 5) is 17.6. The van der Waals surface area contributed by atoms with Crippen molar-refractivity contribution in [2.75, 3.05) is 11.4 Å². The minimum atomic E-state index is -0.451. The Kier molecular flexibility index (Phi) is 2.44. The third-order valence-electron chi connectivity index (χ3n) is 4.28. The van der Waals surface area contributed by atoms with Gasteiger partial charge in [-0.2, -0.15) is 0 Å². The van der Waals surface area contributed by atoms with Crippen LogP contribution in [-0.2, 0) is 6.54 Å². The van der Waals surface area contributed by atoms with Crippen LogP contribution in [0.25, 0.3) is 22.1 Å². The molecule has 0 radical (unpaired) electrons. The molecular formula is C15H10N6O3. The molecule has 1 aliphatic heterocycles. The van der Waals surface area contributed by atoms with Crippen molar-refractivity contribution in [1.29, 1.82) is 0 Å². The lowest BCUT2D eigenvalue weighted by molar-refractivity contribution is -0.382. The third-order valence-corrected chi connectivity index (χ3v) is 4.28. The van der Waals surface area contributed by atoms with Gasteiger partial charge in [0.25, 0.3) is 0 Å². The highest BCUT2D eigenvalue weighted by Crippen LogP contribution is 2.40. The summed E-state index contributed by atoms with van der Waals surface area (Å²) >= 11 is 0. The van der Waals surface area contributed by atoms with E-state index in [9.17, 15) is 10.1 Å². The smallest absolute Gasteiger partial charge is 0.308 e. The zero-order valence-electron chi connectivity index (χ0n) is 12.3. The van der Waals surface area contributed by atoms with E-state index < -0.39 is 4.92 Å². The second-order valence-electron chi connectivity index (χ2n) is 5.53. The minimum Gasteiger partial charge on any atom is -0.308 e. The Morgan fingerprint density at radius 1 is 1.08 bits per heavy atom. The first kappa shape index (κ1) is 13.0. The van der Waals surface area contributed by atoms with Crippen molar-refractivity contribution in [1.82, 2.24) is 19.9 Å². The first-order chi connectivity index (χ1) is 11.7. The van der Waals surface area contributed by atoms with Gasteiger partial charge in [0.05, 0.1) is 16.0 Å². The number of aromatic nitrogens is 4. The van der Waals surface area contributed by atoms with E-state index in [2.05, 4.69) is 24.5 Å². The van der Waals surface area contributed by atoms with E-state index in [1.165, 1.54) is 0 Å². The molecule has 0 aliphatic carbocycles. The molecule has 0 spiro atoms. The second kappa shape index (κ2) is 4.51. The van der Waals surface area contributed by atoms with Crippen molar-refractivity contribution in [3.8, 4) is 0 Å². The Labute approximate surface area is 134 Å². The molecule has 0 saturated carbocycles. The molecule has 0 amide bonds. The number of nitro groups is 1. The number of fused-ring (bicyclic) bond motifs is 4. The number of anilines is 2. The van der Waals surface area contributed by atoms with Crippen LogP contribution in [0, 0.1) is 10.1 Å². The Balaban J connectivity index is 1.76. The van der Waals surface area contributed by atoms with Gasteiger partial charge in [-0.25, -0.2) is 9.61 Å². The third kappa shape index (κ3) is 1.60. The Morgan fingerprint density at radius 3 is 2.83 bits per heavy atom. The maximum atomic E-state index is 11.6. The van der Waals surface area contributed by atoms with Crippen LogP contribution in [-0.4, -0.2) is 31.3 Å². The molecule has 5 rings (SSSR count). The normalized spacial score (nSPS) is 13.8. The quantitative estimate of drug-likeness (QED) is 0.413. The summed E-state index contributed by atoms with van der Waals surface area (Å²) in [6.07, 6.45) is 0. The molecule has 1 aliphatic rings. The largest absolute Gasteiger partial charge is 0.324 e. The standard InChI is InChI=1S/C15H10N6O3/c22-21(23)14-12(6-5-10-13(14)18-24-17-10)20-8-7-19-11-4-2-1-3-9(11)16-15(19)20/h1-6H,7-8H2. The van der Waals surface area contributed by atoms with E-state index >= 15 is 0 Å². The molecular weight excluding hydrogens is 312 g/mol. The molecule has 0 saturated heterocycles. The molecule has 0 unspecified atom stereocenters. The monoisotopic (exact) mass is 322 g/mol. The average molecular weight is 322 g/mol. The SMILES string of the molecule is O=[N+]([O-])c1c(N2CCn3c2nc2ccccc23)ccc2nonc12. The highest BCUT2D eigenvalue weighted by Gasteiger charge is 2.32. The molecule has 0 atom stereocenters. The predicted molar refractivity (Wildman–Crippen MR) is 85.2 cm³/mol. The van der Waals surface area contributed by atoms with E-state index in [-0.39, 0.29) is 11.2 Å². The van der Waals surface area contributed by atoms with Gasteiger partial charge in [-0.15, -0.1) is 0 Å². The number of hydrogen-bond donors (Lipinski definition) is 0. The van der Waals surface area contributed by atoms with Crippen LogP contribution in [0.15, 0.2) is 41.0 Å². The van der Waals surface area contributed by atoms with Crippen LogP contribution < -0.4 is 4.90 Å². The van der Waals surface area contributed by atoms with Crippen LogP contribution >= 0.6 is 0 Å². The number of para-hydroxylation sites is 2. The lowest BCUT2D eigenvalue weighted by Gasteiger charge is -2.15. The number of hydrogen-bond acceptors (Lipinski definition) is 7. The van der Waals surface area contributed by atoms with Gasteiger partial charge < -0.3 is 9.47 Å². The minimum absolute atomic E-state index is 0.116. The highest BCUT2D eigenvalue weighted by atomic mass is 16.6. The van der Waals surface area contributed by atoms with E-state index in [1.807, 2.05) is 29.2 Å². The fourth-order valence-corrected chi connectivity index (χ4v) is 3.24. The van der Waals surface area contributed by atoms with Gasteiger partial charge in [-0.1, -0.05) is 12.1 Å². The van der Waals surface area contributed by atoms with E-state index in [4.69, 9.17) is 0 Å². The van der Waals surface area contributed by atoms with Crippen molar-refractivity contribution < 1.29 is 9.55 Å². The van der Waals surface area contributed by atoms with Crippen molar-refractivity contribution in [3.63, 3.8) is 0 Å². The van der Waals surface area contributed by atoms with Crippen LogP contribution in [0.4, 0.5) is 17.3 Å². The molecule has 24 heavy (non-hydrogen) atoms. The van der Waals surface area contributed by atoms with Gasteiger partial charge in [0.1, 0.15) is 11.2 Å². The Hall–Kier alpha value is -3.49. The fraction of sp³-hybridized carbons (Fsp3) is 0.133. The zero-order valence-corrected chi connectivity index (χ0v) is 12.3. The molecule has 4 aromatic rings. The second-order valence-corrected chi connectivity index (χ2v) is 5.53. The molecule has 2 aromatic heterocycles. The Morgan fingerprint density at radius 2 is 1.96 bits per heavy atom. The summed E-state index contributed by atoms with van der Waals surface area (Å²) < 4.78 is 6.71. The fourth-order valence-electron chi connectivity index (χ4n) is 3.24. The molecule has 9 nitrogen and oxygen atoms in total. The lowest BCUT2D eigenvalue weighted by Crippen LogP contribution is -2.16. The number of nitrogens with zero attached hydrogens (tertiary/aromatic N) is 6. The molecule has 9 heteroatoms. The first-order valence-electron chi connectivity index (χ1n) is 7.36. The van der Waals surface area contributed by atoms with Crippen LogP contribution in [0.2, 0.25) is 0 Å². The summed E-state index contributed by atoms with van der Waals surface area (Å²) in [5.41, 5.74) is 2.71. The number of benzene rings is 2. The van der Waals surface area contributed by atoms with Gasteiger partial charge in [0.2, 0.25) is 11.5 Å². The van der Waals surface area contributed by atoms with E-state index in [0.717, 1.165) is 11.0 Å². The zero-order chi connectivity index (χ0) is 16.3. The molecule has 0 fully saturated rings. The van der Waals surface area contributed by atoms with Gasteiger partial charge in [0, 0.05) is 13.1 Å².